The van der Waals surface area contributed by atoms with Gasteiger partial charge in [0.05, 0.1) is 29.0 Å². The van der Waals surface area contributed by atoms with Crippen LogP contribution < -0.4 is 9.80 Å². The number of rotatable bonds is 6. The Bertz CT molecular complexity index is 3100. The molecular formula is C53H36N4. The molecule has 0 radical (unpaired) electrons. The molecule has 0 fully saturated rings. The van der Waals surface area contributed by atoms with Crippen LogP contribution in [0.4, 0.5) is 34.1 Å². The first kappa shape index (κ1) is 33.9. The molecule has 0 spiro atoms. The van der Waals surface area contributed by atoms with Crippen LogP contribution in [0.25, 0.3) is 43.4 Å². The van der Waals surface area contributed by atoms with E-state index >= 15 is 0 Å². The van der Waals surface area contributed by atoms with E-state index in [-0.39, 0.29) is 5.41 Å². The van der Waals surface area contributed by atoms with Crippen LogP contribution in [0.15, 0.2) is 182 Å². The summed E-state index contributed by atoms with van der Waals surface area (Å²) in [5, 5.41) is 26.4. The fourth-order valence-electron chi connectivity index (χ4n) is 8.93. The molecule has 9 aromatic rings. The average Bonchev–Trinajstić information content (AvgIpc) is 3.27. The number of nitriles is 2. The predicted octanol–water partition coefficient (Wildman–Crippen LogP) is 14.1. The third-order valence-electron chi connectivity index (χ3n) is 11.7. The number of hydrogen-bond donors (Lipinski definition) is 0. The average molecular weight is 729 g/mol. The van der Waals surface area contributed by atoms with Crippen molar-refractivity contribution < 1.29 is 0 Å². The third kappa shape index (κ3) is 5.42. The molecule has 0 saturated carbocycles. The Morgan fingerprint density at radius 1 is 0.386 bits per heavy atom. The molecule has 4 heteroatoms. The van der Waals surface area contributed by atoms with E-state index in [9.17, 15) is 10.5 Å². The zero-order chi connectivity index (χ0) is 38.7. The maximum Gasteiger partial charge on any atom is 0.0991 e. The highest BCUT2D eigenvalue weighted by Gasteiger charge is 2.35. The van der Waals surface area contributed by atoms with Gasteiger partial charge in [0.1, 0.15) is 0 Å². The molecule has 1 aliphatic rings. The quantitative estimate of drug-likeness (QED) is 0.160. The highest BCUT2D eigenvalue weighted by atomic mass is 15.1. The van der Waals surface area contributed by atoms with Gasteiger partial charge in [0.2, 0.25) is 0 Å². The van der Waals surface area contributed by atoms with Crippen LogP contribution in [0.2, 0.25) is 0 Å². The molecule has 0 aliphatic heterocycles. The van der Waals surface area contributed by atoms with Gasteiger partial charge < -0.3 is 9.80 Å². The maximum absolute atomic E-state index is 9.60. The molecule has 9 aromatic carbocycles. The molecule has 0 aromatic heterocycles. The van der Waals surface area contributed by atoms with Crippen molar-refractivity contribution in [3.8, 4) is 23.3 Å². The van der Waals surface area contributed by atoms with Gasteiger partial charge in [-0.05, 0) is 146 Å². The Morgan fingerprint density at radius 3 is 1.53 bits per heavy atom. The van der Waals surface area contributed by atoms with E-state index in [0.29, 0.717) is 11.1 Å². The van der Waals surface area contributed by atoms with Gasteiger partial charge in [0.25, 0.3) is 0 Å². The zero-order valence-electron chi connectivity index (χ0n) is 31.6. The summed E-state index contributed by atoms with van der Waals surface area (Å²) in [6, 6.07) is 68.4. The van der Waals surface area contributed by atoms with Crippen molar-refractivity contribution in [2.24, 2.45) is 0 Å². The Morgan fingerprint density at radius 2 is 0.895 bits per heavy atom. The molecular weight excluding hydrogens is 693 g/mol. The summed E-state index contributed by atoms with van der Waals surface area (Å²) in [5.74, 6) is 0. The molecule has 0 bridgehead atoms. The van der Waals surface area contributed by atoms with E-state index < -0.39 is 0 Å². The number of hydrogen-bond acceptors (Lipinski definition) is 4. The summed E-state index contributed by atoms with van der Waals surface area (Å²) in [6.45, 7) is 4.69. The first-order chi connectivity index (χ1) is 27.9. The van der Waals surface area contributed by atoms with Crippen molar-refractivity contribution >= 4 is 66.4 Å². The lowest BCUT2D eigenvalue weighted by Crippen LogP contribution is -2.24. The second-order valence-corrected chi connectivity index (χ2v) is 15.2. The SMILES string of the molecule is CC1(C)c2cc(N(c3ccccc3)c3ccc(C#N)cc3)ccc2-c2cc3c4ccccc4c(N(c4ccccc4)c4ccc(C#N)cc4)cc3c3cccc1c23. The molecule has 10 rings (SSSR count). The minimum absolute atomic E-state index is 0.309. The summed E-state index contributed by atoms with van der Waals surface area (Å²) in [5.41, 5.74) is 12.2. The van der Waals surface area contributed by atoms with Crippen molar-refractivity contribution in [2.75, 3.05) is 9.80 Å². The molecule has 0 N–H and O–H groups in total. The van der Waals surface area contributed by atoms with Crippen molar-refractivity contribution in [2.45, 2.75) is 19.3 Å². The highest BCUT2D eigenvalue weighted by Crippen LogP contribution is 2.53. The van der Waals surface area contributed by atoms with E-state index in [1.807, 2.05) is 60.7 Å². The minimum atomic E-state index is -0.309. The van der Waals surface area contributed by atoms with Gasteiger partial charge in [-0.2, -0.15) is 10.5 Å². The van der Waals surface area contributed by atoms with Crippen LogP contribution in [-0.2, 0) is 5.41 Å². The molecule has 0 unspecified atom stereocenters. The summed E-state index contributed by atoms with van der Waals surface area (Å²) < 4.78 is 0. The molecule has 0 heterocycles. The first-order valence-corrected chi connectivity index (χ1v) is 19.2. The zero-order valence-corrected chi connectivity index (χ0v) is 31.6. The number of anilines is 6. The van der Waals surface area contributed by atoms with E-state index in [1.165, 1.54) is 49.2 Å². The monoisotopic (exact) mass is 728 g/mol. The van der Waals surface area contributed by atoms with Crippen LogP contribution in [0.5, 0.6) is 0 Å². The number of para-hydroxylation sites is 2. The van der Waals surface area contributed by atoms with Crippen molar-refractivity contribution in [1.29, 1.82) is 10.5 Å². The Labute approximate surface area is 332 Å². The maximum atomic E-state index is 9.60. The van der Waals surface area contributed by atoms with E-state index in [0.717, 1.165) is 39.5 Å². The van der Waals surface area contributed by atoms with E-state index in [1.54, 1.807) is 0 Å². The molecule has 0 saturated heterocycles. The largest absolute Gasteiger partial charge is 0.310 e. The van der Waals surface area contributed by atoms with Crippen molar-refractivity contribution in [3.05, 3.63) is 204 Å². The normalized spacial score (nSPS) is 12.5. The molecule has 0 amide bonds. The second kappa shape index (κ2) is 13.3. The summed E-state index contributed by atoms with van der Waals surface area (Å²) in [4.78, 5) is 4.58. The van der Waals surface area contributed by atoms with Gasteiger partial charge in [-0.3, -0.25) is 0 Å². The number of nitrogens with zero attached hydrogens (tertiary/aromatic N) is 4. The molecule has 0 atom stereocenters. The van der Waals surface area contributed by atoms with E-state index in [2.05, 4.69) is 157 Å². The van der Waals surface area contributed by atoms with Gasteiger partial charge in [0.15, 0.2) is 0 Å². The van der Waals surface area contributed by atoms with E-state index in [4.69, 9.17) is 0 Å². The lowest BCUT2D eigenvalue weighted by molar-refractivity contribution is 0.645. The van der Waals surface area contributed by atoms with Gasteiger partial charge in [-0.15, -0.1) is 0 Å². The highest BCUT2D eigenvalue weighted by molar-refractivity contribution is 6.25. The van der Waals surface area contributed by atoms with Crippen LogP contribution >= 0.6 is 0 Å². The van der Waals surface area contributed by atoms with Gasteiger partial charge >= 0.3 is 0 Å². The van der Waals surface area contributed by atoms with Crippen molar-refractivity contribution in [3.63, 3.8) is 0 Å². The van der Waals surface area contributed by atoms with Crippen molar-refractivity contribution in [1.82, 2.24) is 0 Å². The predicted molar refractivity (Wildman–Crippen MR) is 235 cm³/mol. The summed E-state index contributed by atoms with van der Waals surface area (Å²) in [6.07, 6.45) is 0. The molecule has 268 valence electrons. The smallest absolute Gasteiger partial charge is 0.0991 e. The molecule has 1 aliphatic carbocycles. The fourth-order valence-corrected chi connectivity index (χ4v) is 8.93. The topological polar surface area (TPSA) is 54.1 Å². The van der Waals surface area contributed by atoms with Gasteiger partial charge in [-0.1, -0.05) is 98.8 Å². The summed E-state index contributed by atoms with van der Waals surface area (Å²) >= 11 is 0. The lowest BCUT2D eigenvalue weighted by atomic mass is 9.68. The molecule has 57 heavy (non-hydrogen) atoms. The lowest BCUT2D eigenvalue weighted by Gasteiger charge is -2.37. The molecule has 4 nitrogen and oxygen atoms in total. The fraction of sp³-hybridized carbons (Fsp3) is 0.0566. The standard InChI is InChI=1S/C53H36N4/c1-53(2)49-19-11-18-45-47-32-51(57(38-14-7-4-8-15-38)40-26-22-36(34-55)23-27-40)44-17-10-9-16-42(44)46(47)31-48(52(45)49)43-29-28-41(30-50(43)53)56(37-12-5-3-6-13-37)39-24-20-35(33-54)21-25-39/h3-32H,1-2H3. The second-order valence-electron chi connectivity index (χ2n) is 15.2. The minimum Gasteiger partial charge on any atom is -0.310 e. The van der Waals surface area contributed by atoms with Crippen LogP contribution in [0.1, 0.15) is 36.1 Å². The van der Waals surface area contributed by atoms with Crippen LogP contribution in [0.3, 0.4) is 0 Å². The van der Waals surface area contributed by atoms with Gasteiger partial charge in [-0.25, -0.2) is 0 Å². The first-order valence-electron chi connectivity index (χ1n) is 19.2. The third-order valence-corrected chi connectivity index (χ3v) is 11.7. The summed E-state index contributed by atoms with van der Waals surface area (Å²) in [7, 11) is 0. The number of fused-ring (bicyclic) bond motifs is 6. The Hall–Kier alpha value is -7.66. The van der Waals surface area contributed by atoms with Crippen LogP contribution in [0, 0.1) is 22.7 Å². The Kier molecular flexibility index (Phi) is 7.89. The van der Waals surface area contributed by atoms with Gasteiger partial charge in [0, 0.05) is 39.2 Å². The van der Waals surface area contributed by atoms with Crippen LogP contribution in [-0.4, -0.2) is 0 Å². The number of benzene rings is 9. The Balaban J connectivity index is 1.22.